The molecule has 0 spiro atoms. The Balaban J connectivity index is 2.14. The normalized spacial score (nSPS) is 19.4. The van der Waals surface area contributed by atoms with E-state index in [-0.39, 0.29) is 6.04 Å². The van der Waals surface area contributed by atoms with Crippen LogP contribution in [0.2, 0.25) is 0 Å². The number of rotatable bonds is 4. The average molecular weight is 271 g/mol. The van der Waals surface area contributed by atoms with Crippen molar-refractivity contribution in [3.8, 4) is 5.75 Å². The molecule has 2 N–H and O–H groups in total. The molecular weight excluding hydrogens is 250 g/mol. The van der Waals surface area contributed by atoms with E-state index in [0.29, 0.717) is 13.2 Å². The molecule has 106 valence electrons. The fourth-order valence-corrected chi connectivity index (χ4v) is 2.14. The molecule has 1 atom stereocenters. The second kappa shape index (κ2) is 6.55. The van der Waals surface area contributed by atoms with Crippen LogP contribution in [0, 0.1) is 0 Å². The van der Waals surface area contributed by atoms with Crippen LogP contribution < -0.4 is 10.5 Å². The predicted octanol–water partition coefficient (Wildman–Crippen LogP) is 2.94. The molecule has 0 radical (unpaired) electrons. The van der Waals surface area contributed by atoms with E-state index in [0.717, 1.165) is 28.0 Å². The molecule has 1 aromatic carbocycles. The van der Waals surface area contributed by atoms with E-state index in [1.54, 1.807) is 7.11 Å². The monoisotopic (exact) mass is 271 g/mol. The Labute approximate surface area is 120 Å². The van der Waals surface area contributed by atoms with Crippen molar-refractivity contribution in [1.29, 1.82) is 0 Å². The molecule has 0 aromatic heterocycles. The summed E-state index contributed by atoms with van der Waals surface area (Å²) in [7, 11) is 1.66. The van der Waals surface area contributed by atoms with Gasteiger partial charge in [-0.15, -0.1) is 0 Å². The average Bonchev–Trinajstić information content (AvgIpc) is 2.47. The lowest BCUT2D eigenvalue weighted by atomic mass is 9.96. The summed E-state index contributed by atoms with van der Waals surface area (Å²) >= 11 is 0. The zero-order valence-electron chi connectivity index (χ0n) is 12.1. The van der Waals surface area contributed by atoms with Gasteiger partial charge in [-0.1, -0.05) is 30.9 Å². The Bertz CT molecular complexity index is 541. The van der Waals surface area contributed by atoms with Crippen LogP contribution in [-0.2, 0) is 4.74 Å². The van der Waals surface area contributed by atoms with E-state index < -0.39 is 0 Å². The molecular formula is C17H21NO2. The zero-order valence-corrected chi connectivity index (χ0v) is 12.1. The van der Waals surface area contributed by atoms with Gasteiger partial charge in [0.1, 0.15) is 5.75 Å². The van der Waals surface area contributed by atoms with Crippen molar-refractivity contribution in [2.45, 2.75) is 13.0 Å². The van der Waals surface area contributed by atoms with Gasteiger partial charge in [0, 0.05) is 6.04 Å². The third-order valence-corrected chi connectivity index (χ3v) is 3.35. The van der Waals surface area contributed by atoms with Crippen molar-refractivity contribution < 1.29 is 9.47 Å². The highest BCUT2D eigenvalue weighted by molar-refractivity contribution is 5.62. The number of hydrogen-bond acceptors (Lipinski definition) is 3. The summed E-state index contributed by atoms with van der Waals surface area (Å²) in [6.07, 6.45) is 4.14. The van der Waals surface area contributed by atoms with Crippen LogP contribution in [0.4, 0.5) is 0 Å². The fraction of sp³-hybridized carbons (Fsp3) is 0.294. The van der Waals surface area contributed by atoms with Gasteiger partial charge in [0.15, 0.2) is 0 Å². The zero-order chi connectivity index (χ0) is 14.5. The maximum absolute atomic E-state index is 5.87. The van der Waals surface area contributed by atoms with Gasteiger partial charge in [-0.05, 0) is 41.3 Å². The molecule has 1 aliphatic rings. The van der Waals surface area contributed by atoms with Crippen LogP contribution in [0.1, 0.15) is 12.5 Å². The molecule has 0 aliphatic carbocycles. The Morgan fingerprint density at radius 3 is 2.70 bits per heavy atom. The molecule has 2 rings (SSSR count). The van der Waals surface area contributed by atoms with Crippen molar-refractivity contribution in [3.63, 3.8) is 0 Å². The Kier molecular flexibility index (Phi) is 4.77. The van der Waals surface area contributed by atoms with E-state index in [1.165, 1.54) is 0 Å². The number of ether oxygens (including phenoxy) is 2. The highest BCUT2D eigenvalue weighted by Gasteiger charge is 2.13. The lowest BCUT2D eigenvalue weighted by Gasteiger charge is -2.20. The number of hydrogen-bond donors (Lipinski definition) is 1. The van der Waals surface area contributed by atoms with Gasteiger partial charge >= 0.3 is 0 Å². The van der Waals surface area contributed by atoms with Crippen LogP contribution in [0.15, 0.2) is 53.6 Å². The van der Waals surface area contributed by atoms with E-state index in [1.807, 2.05) is 37.3 Å². The number of methoxy groups -OCH3 is 1. The van der Waals surface area contributed by atoms with Gasteiger partial charge < -0.3 is 15.2 Å². The molecule has 3 nitrogen and oxygen atoms in total. The smallest absolute Gasteiger partial charge is 0.118 e. The number of allylic oxidation sites excluding steroid dienone is 1. The van der Waals surface area contributed by atoms with Crippen LogP contribution in [0.3, 0.4) is 0 Å². The first-order chi connectivity index (χ1) is 9.60. The van der Waals surface area contributed by atoms with Crippen LogP contribution in [-0.4, -0.2) is 26.4 Å². The summed E-state index contributed by atoms with van der Waals surface area (Å²) in [4.78, 5) is 0. The largest absolute Gasteiger partial charge is 0.497 e. The Morgan fingerprint density at radius 2 is 2.10 bits per heavy atom. The van der Waals surface area contributed by atoms with Gasteiger partial charge in [0.25, 0.3) is 0 Å². The summed E-state index contributed by atoms with van der Waals surface area (Å²) in [6, 6.07) is 7.89. The molecule has 1 aromatic rings. The maximum atomic E-state index is 5.87. The molecule has 3 heteroatoms. The number of nitrogens with two attached hydrogens (primary N) is 1. The summed E-state index contributed by atoms with van der Waals surface area (Å²) in [5.74, 6) is 0.855. The van der Waals surface area contributed by atoms with Crippen LogP contribution in [0.25, 0.3) is 6.08 Å². The van der Waals surface area contributed by atoms with Crippen molar-refractivity contribution in [2.75, 3.05) is 20.3 Å². The summed E-state index contributed by atoms with van der Waals surface area (Å²) in [6.45, 7) is 7.36. The topological polar surface area (TPSA) is 44.5 Å². The van der Waals surface area contributed by atoms with E-state index in [4.69, 9.17) is 15.2 Å². The van der Waals surface area contributed by atoms with Gasteiger partial charge in [-0.2, -0.15) is 0 Å². The van der Waals surface area contributed by atoms with Gasteiger partial charge in [0.2, 0.25) is 0 Å². The highest BCUT2D eigenvalue weighted by atomic mass is 16.5. The van der Waals surface area contributed by atoms with Gasteiger partial charge in [-0.25, -0.2) is 0 Å². The summed E-state index contributed by atoms with van der Waals surface area (Å²) < 4.78 is 10.6. The lowest BCUT2D eigenvalue weighted by molar-refractivity contribution is 0.141. The Hall–Kier alpha value is -1.84. The molecule has 0 bridgehead atoms. The van der Waals surface area contributed by atoms with Crippen molar-refractivity contribution in [3.05, 3.63) is 59.2 Å². The Morgan fingerprint density at radius 1 is 1.40 bits per heavy atom. The van der Waals surface area contributed by atoms with Gasteiger partial charge in [0.05, 0.1) is 20.3 Å². The first kappa shape index (κ1) is 14.6. The molecule has 0 unspecified atom stereocenters. The second-order valence-electron chi connectivity index (χ2n) is 4.95. The molecule has 0 amide bonds. The minimum atomic E-state index is -0.0377. The molecule has 0 saturated heterocycles. The summed E-state index contributed by atoms with van der Waals surface area (Å²) in [5.41, 5.74) is 10.2. The van der Waals surface area contributed by atoms with E-state index in [2.05, 4.69) is 12.7 Å². The standard InChI is InChI=1S/C17H21NO2/c1-12(8-14-4-6-17(19-3)7-5-14)13(2)15-9-16(18)11-20-10-15/h4-9,16H,2,10-11,18H2,1,3H3/b12-8+/t16-/m1/s1. The second-order valence-corrected chi connectivity index (χ2v) is 4.95. The van der Waals surface area contributed by atoms with Crippen molar-refractivity contribution in [1.82, 2.24) is 0 Å². The minimum absolute atomic E-state index is 0.0377. The third kappa shape index (κ3) is 3.59. The lowest BCUT2D eigenvalue weighted by Crippen LogP contribution is -2.29. The molecule has 0 saturated carbocycles. The van der Waals surface area contributed by atoms with Gasteiger partial charge in [-0.3, -0.25) is 0 Å². The van der Waals surface area contributed by atoms with E-state index in [9.17, 15) is 0 Å². The SMILES string of the molecule is C=C(C1=C[C@@H](N)COC1)/C(C)=C/c1ccc(OC)cc1. The fourth-order valence-electron chi connectivity index (χ4n) is 2.14. The van der Waals surface area contributed by atoms with Crippen LogP contribution in [0.5, 0.6) is 5.75 Å². The minimum Gasteiger partial charge on any atom is -0.497 e. The van der Waals surface area contributed by atoms with Crippen LogP contribution >= 0.6 is 0 Å². The molecule has 20 heavy (non-hydrogen) atoms. The van der Waals surface area contributed by atoms with Crippen molar-refractivity contribution >= 4 is 6.08 Å². The first-order valence-corrected chi connectivity index (χ1v) is 6.66. The first-order valence-electron chi connectivity index (χ1n) is 6.66. The molecule has 1 aliphatic heterocycles. The predicted molar refractivity (Wildman–Crippen MR) is 82.7 cm³/mol. The van der Waals surface area contributed by atoms with E-state index >= 15 is 0 Å². The quantitative estimate of drug-likeness (QED) is 0.856. The highest BCUT2D eigenvalue weighted by Crippen LogP contribution is 2.23. The molecule has 1 heterocycles. The third-order valence-electron chi connectivity index (χ3n) is 3.35. The molecule has 0 fully saturated rings. The number of benzene rings is 1. The maximum Gasteiger partial charge on any atom is 0.118 e. The summed E-state index contributed by atoms with van der Waals surface area (Å²) in [5, 5.41) is 0. The van der Waals surface area contributed by atoms with Crippen molar-refractivity contribution in [2.24, 2.45) is 5.73 Å².